The first-order valence-corrected chi connectivity index (χ1v) is 8.08. The van der Waals surface area contributed by atoms with Gasteiger partial charge in [0.15, 0.2) is 8.32 Å². The Morgan fingerprint density at radius 3 is 2.50 bits per heavy atom. The van der Waals surface area contributed by atoms with Crippen molar-refractivity contribution in [2.75, 3.05) is 6.61 Å². The van der Waals surface area contributed by atoms with E-state index in [1.807, 2.05) is 26.9 Å². The van der Waals surface area contributed by atoms with E-state index in [9.17, 15) is 9.59 Å². The van der Waals surface area contributed by atoms with Gasteiger partial charge in [0.1, 0.15) is 0 Å². The molecule has 1 heterocycles. The second-order valence-corrected chi connectivity index (χ2v) is 9.77. The summed E-state index contributed by atoms with van der Waals surface area (Å²) >= 11 is 0. The van der Waals surface area contributed by atoms with Crippen molar-refractivity contribution in [3.63, 3.8) is 0 Å². The normalized spacial score (nSPS) is 23.8. The molecule has 0 radical (unpaired) electrons. The van der Waals surface area contributed by atoms with Crippen molar-refractivity contribution in [3.8, 4) is 0 Å². The molecule has 1 saturated heterocycles. The van der Waals surface area contributed by atoms with Gasteiger partial charge in [-0.3, -0.25) is 4.79 Å². The monoisotopic (exact) mass is 216 g/mol. The van der Waals surface area contributed by atoms with Crippen molar-refractivity contribution in [2.45, 2.75) is 44.8 Å². The Morgan fingerprint density at radius 1 is 1.57 bits per heavy atom. The molecule has 0 aromatic heterocycles. The minimum absolute atomic E-state index is 0.00363. The van der Waals surface area contributed by atoms with Crippen LogP contribution in [-0.4, -0.2) is 25.7 Å². The first-order chi connectivity index (χ1) is 6.24. The smallest absolute Gasteiger partial charge is 0.309 e. The van der Waals surface area contributed by atoms with Crippen molar-refractivity contribution < 1.29 is 14.3 Å². The summed E-state index contributed by atoms with van der Waals surface area (Å²) in [5.41, 5.74) is 0. The van der Waals surface area contributed by atoms with Crippen molar-refractivity contribution >= 4 is 14.3 Å². The van der Waals surface area contributed by atoms with E-state index in [1.54, 1.807) is 0 Å². The summed E-state index contributed by atoms with van der Waals surface area (Å²) in [5, 5.41) is -0.124. The standard InChI is InChI=1S/C10H20O3Si/c1-10(2,14(3,4)12)7-8-5-6-13-9(8)11/h8,12H,5-7H2,1-4H3. The fourth-order valence-electron chi connectivity index (χ4n) is 1.59. The Bertz CT molecular complexity index is 230. The quantitative estimate of drug-likeness (QED) is 0.579. The summed E-state index contributed by atoms with van der Waals surface area (Å²) in [6, 6.07) is 0. The topological polar surface area (TPSA) is 46.5 Å². The average molecular weight is 216 g/mol. The minimum Gasteiger partial charge on any atom is -0.465 e. The van der Waals surface area contributed by atoms with Crippen LogP contribution in [0.15, 0.2) is 0 Å². The molecule has 4 heteroatoms. The maximum Gasteiger partial charge on any atom is 0.309 e. The van der Waals surface area contributed by atoms with Crippen LogP contribution in [-0.2, 0) is 9.53 Å². The van der Waals surface area contributed by atoms with Gasteiger partial charge in [0, 0.05) is 0 Å². The van der Waals surface area contributed by atoms with E-state index in [4.69, 9.17) is 4.74 Å². The Morgan fingerprint density at radius 2 is 2.14 bits per heavy atom. The molecule has 0 saturated carbocycles. The average Bonchev–Trinajstić information content (AvgIpc) is 2.33. The first kappa shape index (κ1) is 11.7. The predicted octanol–water partition coefficient (Wildman–Crippen LogP) is 1.92. The Hall–Kier alpha value is -0.353. The SMILES string of the molecule is CC(C)(CC1CCOC1=O)[Si](C)(C)O. The maximum absolute atomic E-state index is 11.3. The van der Waals surface area contributed by atoms with Gasteiger partial charge in [0.2, 0.25) is 0 Å². The fraction of sp³-hybridized carbons (Fsp3) is 0.900. The van der Waals surface area contributed by atoms with Gasteiger partial charge in [-0.2, -0.15) is 0 Å². The molecule has 1 fully saturated rings. The van der Waals surface area contributed by atoms with E-state index in [0.29, 0.717) is 6.61 Å². The van der Waals surface area contributed by atoms with Gasteiger partial charge < -0.3 is 9.53 Å². The molecule has 1 aliphatic rings. The van der Waals surface area contributed by atoms with Crippen molar-refractivity contribution in [3.05, 3.63) is 0 Å². The minimum atomic E-state index is -2.19. The molecule has 14 heavy (non-hydrogen) atoms. The van der Waals surface area contributed by atoms with Gasteiger partial charge >= 0.3 is 5.97 Å². The zero-order valence-corrected chi connectivity index (χ0v) is 10.5. The highest BCUT2D eigenvalue weighted by molar-refractivity contribution is 6.72. The molecule has 0 spiro atoms. The van der Waals surface area contributed by atoms with E-state index in [2.05, 4.69) is 0 Å². The molecule has 0 aromatic carbocycles. The van der Waals surface area contributed by atoms with Gasteiger partial charge in [-0.15, -0.1) is 0 Å². The third-order valence-corrected chi connectivity index (χ3v) is 6.97. The number of esters is 1. The van der Waals surface area contributed by atoms with E-state index < -0.39 is 8.32 Å². The zero-order chi connectivity index (χ0) is 11.0. The molecule has 1 N–H and O–H groups in total. The molecule has 82 valence electrons. The molecule has 1 unspecified atom stereocenters. The fourth-order valence-corrected chi connectivity index (χ4v) is 2.33. The zero-order valence-electron chi connectivity index (χ0n) is 9.46. The van der Waals surface area contributed by atoms with Gasteiger partial charge in [-0.25, -0.2) is 0 Å². The van der Waals surface area contributed by atoms with Gasteiger partial charge in [-0.1, -0.05) is 13.8 Å². The lowest BCUT2D eigenvalue weighted by atomic mass is 9.95. The van der Waals surface area contributed by atoms with Crippen LogP contribution in [0.3, 0.4) is 0 Å². The largest absolute Gasteiger partial charge is 0.465 e. The van der Waals surface area contributed by atoms with Crippen LogP contribution in [0.1, 0.15) is 26.7 Å². The Labute approximate surface area is 86.6 Å². The van der Waals surface area contributed by atoms with Crippen LogP contribution in [0.5, 0.6) is 0 Å². The number of carbonyl (C=O) groups excluding carboxylic acids is 1. The molecular formula is C10H20O3Si. The molecule has 1 aliphatic heterocycles. The number of hydrogen-bond acceptors (Lipinski definition) is 3. The summed E-state index contributed by atoms with van der Waals surface area (Å²) in [6.07, 6.45) is 1.56. The Balaban J connectivity index is 2.63. The van der Waals surface area contributed by atoms with Crippen LogP contribution in [0.25, 0.3) is 0 Å². The number of ether oxygens (including phenoxy) is 1. The lowest BCUT2D eigenvalue weighted by molar-refractivity contribution is -0.141. The highest BCUT2D eigenvalue weighted by Crippen LogP contribution is 2.43. The van der Waals surface area contributed by atoms with Crippen molar-refractivity contribution in [1.29, 1.82) is 0 Å². The molecular weight excluding hydrogens is 196 g/mol. The third-order valence-electron chi connectivity index (χ3n) is 3.46. The summed E-state index contributed by atoms with van der Waals surface area (Å²) in [6.45, 7) is 8.49. The lowest BCUT2D eigenvalue weighted by Gasteiger charge is -2.36. The molecule has 0 amide bonds. The van der Waals surface area contributed by atoms with E-state index in [-0.39, 0.29) is 16.9 Å². The molecule has 1 rings (SSSR count). The number of carbonyl (C=O) groups is 1. The van der Waals surface area contributed by atoms with Crippen LogP contribution in [0, 0.1) is 5.92 Å². The first-order valence-electron chi connectivity index (χ1n) is 5.13. The number of hydrogen-bond donors (Lipinski definition) is 1. The van der Waals surface area contributed by atoms with E-state index in [1.165, 1.54) is 0 Å². The van der Waals surface area contributed by atoms with Crippen LogP contribution in [0.4, 0.5) is 0 Å². The molecule has 3 nitrogen and oxygen atoms in total. The van der Waals surface area contributed by atoms with Crippen LogP contribution < -0.4 is 0 Å². The summed E-state index contributed by atoms with van der Waals surface area (Å²) in [4.78, 5) is 21.4. The van der Waals surface area contributed by atoms with Gasteiger partial charge in [-0.05, 0) is 31.0 Å². The summed E-state index contributed by atoms with van der Waals surface area (Å²) in [5.74, 6) is -0.0831. The number of cyclic esters (lactones) is 1. The molecule has 0 aromatic rings. The predicted molar refractivity (Wildman–Crippen MR) is 57.4 cm³/mol. The molecule has 1 atom stereocenters. The van der Waals surface area contributed by atoms with E-state index >= 15 is 0 Å². The summed E-state index contributed by atoms with van der Waals surface area (Å²) < 4.78 is 4.92. The third kappa shape index (κ3) is 2.36. The lowest BCUT2D eigenvalue weighted by Crippen LogP contribution is -2.40. The second-order valence-electron chi connectivity index (χ2n) is 5.30. The molecule has 0 aliphatic carbocycles. The van der Waals surface area contributed by atoms with Crippen molar-refractivity contribution in [2.24, 2.45) is 5.92 Å². The molecule has 0 bridgehead atoms. The highest BCUT2D eigenvalue weighted by Gasteiger charge is 2.42. The van der Waals surface area contributed by atoms with Gasteiger partial charge in [0.05, 0.1) is 12.5 Å². The van der Waals surface area contributed by atoms with Crippen molar-refractivity contribution in [1.82, 2.24) is 0 Å². The van der Waals surface area contributed by atoms with E-state index in [0.717, 1.165) is 12.8 Å². The maximum atomic E-state index is 11.3. The highest BCUT2D eigenvalue weighted by atomic mass is 28.4. The second kappa shape index (κ2) is 3.66. The number of rotatable bonds is 3. The Kier molecular flexibility index (Phi) is 3.06. The van der Waals surface area contributed by atoms with Crippen LogP contribution in [0.2, 0.25) is 18.1 Å². The van der Waals surface area contributed by atoms with Crippen LogP contribution >= 0.6 is 0 Å². The van der Waals surface area contributed by atoms with Gasteiger partial charge in [0.25, 0.3) is 0 Å². The summed E-state index contributed by atoms with van der Waals surface area (Å²) in [7, 11) is -2.19.